The minimum atomic E-state index is 0.334. The van der Waals surface area contributed by atoms with E-state index in [1.807, 2.05) is 34.5 Å². The van der Waals surface area contributed by atoms with E-state index in [1.54, 1.807) is 6.33 Å². The normalized spacial score (nSPS) is 10.5. The minimum absolute atomic E-state index is 0.334. The number of imidazole rings is 1. The van der Waals surface area contributed by atoms with Crippen molar-refractivity contribution in [2.45, 2.75) is 0 Å². The first kappa shape index (κ1) is 8.31. The maximum absolute atomic E-state index is 10.1. The molecule has 0 saturated heterocycles. The van der Waals surface area contributed by atoms with Crippen molar-refractivity contribution in [1.82, 2.24) is 8.96 Å². The van der Waals surface area contributed by atoms with Gasteiger partial charge in [0.25, 0.3) is 0 Å². The van der Waals surface area contributed by atoms with Gasteiger partial charge >= 0.3 is 0 Å². The summed E-state index contributed by atoms with van der Waals surface area (Å²) in [5, 5.41) is 0. The number of nitrogens with zero attached hydrogens (tertiary/aromatic N) is 2. The molecule has 1 radical (unpaired) electrons. The number of hydrogen-bond acceptors (Lipinski definition) is 3. The van der Waals surface area contributed by atoms with Gasteiger partial charge in [0, 0.05) is 0 Å². The maximum atomic E-state index is 10.1. The van der Waals surface area contributed by atoms with Gasteiger partial charge in [-0.2, -0.15) is 0 Å². The molecule has 1 heterocycles. The number of fused-ring (bicyclic) bond motifs is 1. The molecular weight excluding hydrogens is 184 g/mol. The summed E-state index contributed by atoms with van der Waals surface area (Å²) in [6, 6.07) is 7.80. The van der Waals surface area contributed by atoms with Gasteiger partial charge in [-0.15, -0.1) is 0 Å². The fraction of sp³-hybridized carbons (Fsp3) is 0.111. The van der Waals surface area contributed by atoms with Crippen LogP contribution in [0.1, 0.15) is 0 Å². The lowest BCUT2D eigenvalue weighted by molar-refractivity contribution is 0.560. The van der Waals surface area contributed by atoms with Crippen molar-refractivity contribution >= 4 is 29.3 Å². The standard InChI is InChI=1S/C9H7N2OS/c12-5-6-13-11-7-10-8-3-1-2-4-9(8)11/h1-4,7H,6H2. The van der Waals surface area contributed by atoms with Crippen LogP contribution < -0.4 is 0 Å². The van der Waals surface area contributed by atoms with Gasteiger partial charge in [-0.3, -0.25) is 8.77 Å². The summed E-state index contributed by atoms with van der Waals surface area (Å²) in [6.07, 6.45) is 3.55. The number of benzene rings is 1. The highest BCUT2D eigenvalue weighted by molar-refractivity contribution is 7.98. The molecule has 2 rings (SSSR count). The monoisotopic (exact) mass is 191 g/mol. The summed E-state index contributed by atoms with van der Waals surface area (Å²) < 4.78 is 1.88. The second kappa shape index (κ2) is 3.62. The summed E-state index contributed by atoms with van der Waals surface area (Å²) in [5.41, 5.74) is 1.98. The molecule has 0 atom stereocenters. The van der Waals surface area contributed by atoms with Crippen molar-refractivity contribution in [2.75, 3.05) is 5.75 Å². The fourth-order valence-corrected chi connectivity index (χ4v) is 1.73. The molecule has 0 aliphatic rings. The molecule has 0 N–H and O–H groups in total. The van der Waals surface area contributed by atoms with Crippen molar-refractivity contribution in [2.24, 2.45) is 0 Å². The van der Waals surface area contributed by atoms with E-state index in [2.05, 4.69) is 4.98 Å². The highest BCUT2D eigenvalue weighted by Gasteiger charge is 2.00. The van der Waals surface area contributed by atoms with Crippen LogP contribution in [0.4, 0.5) is 0 Å². The molecule has 2 aromatic rings. The second-order valence-electron chi connectivity index (χ2n) is 2.48. The van der Waals surface area contributed by atoms with Crippen molar-refractivity contribution in [3.05, 3.63) is 30.6 Å². The smallest absolute Gasteiger partial charge is 0.210 e. The number of para-hydroxylation sites is 2. The number of hydrogen-bond donors (Lipinski definition) is 0. The molecule has 13 heavy (non-hydrogen) atoms. The third-order valence-corrected chi connectivity index (χ3v) is 2.50. The predicted octanol–water partition coefficient (Wildman–Crippen LogP) is 1.64. The lowest BCUT2D eigenvalue weighted by Gasteiger charge is -1.97. The maximum Gasteiger partial charge on any atom is 0.210 e. The average molecular weight is 191 g/mol. The molecule has 0 aliphatic carbocycles. The Labute approximate surface area is 79.9 Å². The molecule has 1 aromatic heterocycles. The van der Waals surface area contributed by atoms with E-state index < -0.39 is 0 Å². The topological polar surface area (TPSA) is 34.9 Å². The molecular formula is C9H7N2OS. The van der Waals surface area contributed by atoms with Crippen molar-refractivity contribution < 1.29 is 4.79 Å². The zero-order chi connectivity index (χ0) is 9.10. The molecule has 0 spiro atoms. The fourth-order valence-electron chi connectivity index (χ4n) is 1.14. The Morgan fingerprint density at radius 2 is 2.31 bits per heavy atom. The SMILES string of the molecule is O=[C]CSn1cnc2ccccc21. The van der Waals surface area contributed by atoms with Crippen molar-refractivity contribution in [3.8, 4) is 0 Å². The van der Waals surface area contributed by atoms with Gasteiger partial charge in [-0.1, -0.05) is 12.1 Å². The molecule has 65 valence electrons. The highest BCUT2D eigenvalue weighted by Crippen LogP contribution is 2.16. The molecule has 0 bridgehead atoms. The summed E-state index contributed by atoms with van der Waals surface area (Å²) in [4.78, 5) is 14.2. The Balaban J connectivity index is 2.40. The number of aromatic nitrogens is 2. The molecule has 0 amide bonds. The molecule has 0 fully saturated rings. The van der Waals surface area contributed by atoms with Gasteiger partial charge in [-0.25, -0.2) is 4.98 Å². The third-order valence-electron chi connectivity index (χ3n) is 1.68. The first-order valence-corrected chi connectivity index (χ1v) is 4.76. The second-order valence-corrected chi connectivity index (χ2v) is 3.42. The Bertz CT molecular complexity index is 424. The molecule has 4 heteroatoms. The van der Waals surface area contributed by atoms with Crippen LogP contribution in [0.15, 0.2) is 30.6 Å². The largest absolute Gasteiger partial charge is 0.290 e. The third kappa shape index (κ3) is 1.58. The van der Waals surface area contributed by atoms with Crippen molar-refractivity contribution in [3.63, 3.8) is 0 Å². The number of carbonyl (C=O) groups excluding carboxylic acids is 1. The van der Waals surface area contributed by atoms with Gasteiger partial charge in [0.15, 0.2) is 0 Å². The average Bonchev–Trinajstić information content (AvgIpc) is 2.58. The lowest BCUT2D eigenvalue weighted by atomic mass is 10.3. The van der Waals surface area contributed by atoms with Crippen LogP contribution in [0.3, 0.4) is 0 Å². The van der Waals surface area contributed by atoms with E-state index in [9.17, 15) is 4.79 Å². The van der Waals surface area contributed by atoms with Crippen LogP contribution in [0.25, 0.3) is 11.0 Å². The summed E-state index contributed by atoms with van der Waals surface area (Å²) >= 11 is 1.39. The first-order valence-electron chi connectivity index (χ1n) is 3.82. The lowest BCUT2D eigenvalue weighted by Crippen LogP contribution is -1.87. The Morgan fingerprint density at radius 3 is 3.15 bits per heavy atom. The molecule has 1 aromatic carbocycles. The van der Waals surface area contributed by atoms with Crippen LogP contribution in [0.2, 0.25) is 0 Å². The van der Waals surface area contributed by atoms with Gasteiger partial charge in [0.05, 0.1) is 16.8 Å². The van der Waals surface area contributed by atoms with Crippen LogP contribution >= 0.6 is 11.9 Å². The van der Waals surface area contributed by atoms with Gasteiger partial charge in [-0.05, 0) is 24.1 Å². The Morgan fingerprint density at radius 1 is 1.46 bits per heavy atom. The molecule has 0 aliphatic heterocycles. The summed E-state index contributed by atoms with van der Waals surface area (Å²) in [7, 11) is 0. The number of rotatable bonds is 3. The van der Waals surface area contributed by atoms with Crippen LogP contribution in [-0.2, 0) is 4.79 Å². The van der Waals surface area contributed by atoms with E-state index in [4.69, 9.17) is 0 Å². The first-order chi connectivity index (χ1) is 6.42. The molecule has 3 nitrogen and oxygen atoms in total. The van der Waals surface area contributed by atoms with E-state index >= 15 is 0 Å². The highest BCUT2D eigenvalue weighted by atomic mass is 32.2. The quantitative estimate of drug-likeness (QED) is 0.739. The minimum Gasteiger partial charge on any atom is -0.290 e. The summed E-state index contributed by atoms with van der Waals surface area (Å²) in [6.45, 7) is 0. The Hall–Kier alpha value is -1.29. The zero-order valence-electron chi connectivity index (χ0n) is 6.80. The van der Waals surface area contributed by atoms with Gasteiger partial charge in [0.2, 0.25) is 6.29 Å². The van der Waals surface area contributed by atoms with E-state index in [-0.39, 0.29) is 0 Å². The molecule has 0 unspecified atom stereocenters. The molecule has 0 saturated carbocycles. The van der Waals surface area contributed by atoms with Gasteiger partial charge < -0.3 is 0 Å². The van der Waals surface area contributed by atoms with Crippen molar-refractivity contribution in [1.29, 1.82) is 0 Å². The van der Waals surface area contributed by atoms with E-state index in [1.165, 1.54) is 11.9 Å². The van der Waals surface area contributed by atoms with Gasteiger partial charge in [0.1, 0.15) is 6.33 Å². The van der Waals surface area contributed by atoms with E-state index in [0.29, 0.717) is 5.75 Å². The van der Waals surface area contributed by atoms with Crippen LogP contribution in [0, 0.1) is 0 Å². The predicted molar refractivity (Wildman–Crippen MR) is 53.3 cm³/mol. The van der Waals surface area contributed by atoms with Crippen LogP contribution in [-0.4, -0.2) is 21.0 Å². The van der Waals surface area contributed by atoms with E-state index in [0.717, 1.165) is 11.0 Å². The zero-order valence-corrected chi connectivity index (χ0v) is 7.62. The Kier molecular flexibility index (Phi) is 2.31. The van der Waals surface area contributed by atoms with Crippen LogP contribution in [0.5, 0.6) is 0 Å². The summed E-state index contributed by atoms with van der Waals surface area (Å²) in [5.74, 6) is 0.334.